The van der Waals surface area contributed by atoms with Gasteiger partial charge in [0.1, 0.15) is 5.75 Å². The van der Waals surface area contributed by atoms with Crippen LogP contribution in [0.3, 0.4) is 0 Å². The lowest BCUT2D eigenvalue weighted by atomic mass is 10.1. The first-order chi connectivity index (χ1) is 12.5. The second-order valence-corrected chi connectivity index (χ2v) is 6.18. The highest BCUT2D eigenvalue weighted by Gasteiger charge is 2.22. The minimum Gasteiger partial charge on any atom is -0.496 e. The summed E-state index contributed by atoms with van der Waals surface area (Å²) < 4.78 is 10.5. The maximum atomic E-state index is 12.4. The molecule has 0 aliphatic heterocycles. The first-order valence-corrected chi connectivity index (χ1v) is 8.39. The molecule has 1 aliphatic carbocycles. The summed E-state index contributed by atoms with van der Waals surface area (Å²) in [6.45, 7) is 1.55. The van der Waals surface area contributed by atoms with Crippen LogP contribution in [0.4, 0.5) is 11.4 Å². The number of aryl methyl sites for hydroxylation is 2. The Balaban J connectivity index is 1.70. The van der Waals surface area contributed by atoms with Gasteiger partial charge in [-0.3, -0.25) is 14.9 Å². The summed E-state index contributed by atoms with van der Waals surface area (Å²) in [5, 5.41) is 14.0. The number of benzene rings is 2. The summed E-state index contributed by atoms with van der Waals surface area (Å²) in [6, 6.07) is 10.1. The Bertz CT molecular complexity index is 850. The highest BCUT2D eigenvalue weighted by Crippen LogP contribution is 2.32. The fourth-order valence-electron chi connectivity index (χ4n) is 3.00. The molecule has 1 aliphatic rings. The van der Waals surface area contributed by atoms with Crippen molar-refractivity contribution in [1.29, 1.82) is 0 Å². The number of ether oxygens (including phenoxy) is 2. The van der Waals surface area contributed by atoms with E-state index in [-0.39, 0.29) is 17.3 Å². The summed E-state index contributed by atoms with van der Waals surface area (Å²) in [5.41, 5.74) is 3.03. The largest absolute Gasteiger partial charge is 0.496 e. The lowest BCUT2D eigenvalue weighted by molar-refractivity contribution is -0.386. The zero-order chi connectivity index (χ0) is 18.7. The molecule has 0 radical (unpaired) electrons. The van der Waals surface area contributed by atoms with Crippen molar-refractivity contribution in [3.63, 3.8) is 0 Å². The van der Waals surface area contributed by atoms with Crippen LogP contribution in [0, 0.1) is 10.1 Å². The zero-order valence-corrected chi connectivity index (χ0v) is 14.7. The Morgan fingerprint density at radius 3 is 2.69 bits per heavy atom. The number of carbonyl (C=O) groups is 1. The Labute approximate surface area is 151 Å². The molecular formula is C19H20N2O5. The van der Waals surface area contributed by atoms with Gasteiger partial charge in [0, 0.05) is 5.69 Å². The van der Waals surface area contributed by atoms with Crippen molar-refractivity contribution in [2.45, 2.75) is 32.3 Å². The van der Waals surface area contributed by atoms with Gasteiger partial charge in [-0.1, -0.05) is 6.07 Å². The predicted octanol–water partition coefficient (Wildman–Crippen LogP) is 3.50. The smallest absolute Gasteiger partial charge is 0.314 e. The van der Waals surface area contributed by atoms with Crippen molar-refractivity contribution in [3.8, 4) is 11.5 Å². The first kappa shape index (κ1) is 17.7. The minimum absolute atomic E-state index is 0.0207. The maximum Gasteiger partial charge on any atom is 0.314 e. The summed E-state index contributed by atoms with van der Waals surface area (Å²) in [4.78, 5) is 23.0. The van der Waals surface area contributed by atoms with E-state index in [1.807, 2.05) is 18.2 Å². The van der Waals surface area contributed by atoms with E-state index in [1.165, 1.54) is 30.4 Å². The van der Waals surface area contributed by atoms with E-state index >= 15 is 0 Å². The van der Waals surface area contributed by atoms with Crippen LogP contribution in [0.25, 0.3) is 0 Å². The van der Waals surface area contributed by atoms with Gasteiger partial charge in [0.05, 0.1) is 18.1 Å². The second-order valence-electron chi connectivity index (χ2n) is 6.18. The third kappa shape index (κ3) is 3.77. The fraction of sp³-hybridized carbons (Fsp3) is 0.316. The Morgan fingerprint density at radius 1 is 1.19 bits per heavy atom. The zero-order valence-electron chi connectivity index (χ0n) is 14.7. The van der Waals surface area contributed by atoms with Gasteiger partial charge in [-0.15, -0.1) is 0 Å². The molecule has 0 heterocycles. The first-order valence-electron chi connectivity index (χ1n) is 8.39. The van der Waals surface area contributed by atoms with Gasteiger partial charge in [-0.05, 0) is 61.6 Å². The molecule has 1 amide bonds. The van der Waals surface area contributed by atoms with Gasteiger partial charge in [0.2, 0.25) is 0 Å². The number of rotatable bonds is 6. The van der Waals surface area contributed by atoms with Crippen LogP contribution in [-0.2, 0) is 17.6 Å². The summed E-state index contributed by atoms with van der Waals surface area (Å²) in [5.74, 6) is -0.000221. The molecule has 0 saturated heterocycles. The average Bonchev–Trinajstić information content (AvgIpc) is 3.09. The van der Waals surface area contributed by atoms with Gasteiger partial charge >= 0.3 is 5.69 Å². The number of methoxy groups -OCH3 is 1. The standard InChI is InChI=1S/C19H20N2O5/c1-12(26-18-9-8-16(25-2)11-17(18)21(23)24)19(22)20-15-7-6-13-4-3-5-14(13)10-15/h6-12H,3-5H2,1-2H3,(H,20,22)/t12-/m0/s1. The highest BCUT2D eigenvalue weighted by atomic mass is 16.6. The number of nitrogens with zero attached hydrogens (tertiary/aromatic N) is 1. The quantitative estimate of drug-likeness (QED) is 0.632. The van der Waals surface area contributed by atoms with Crippen LogP contribution >= 0.6 is 0 Å². The van der Waals surface area contributed by atoms with E-state index in [0.29, 0.717) is 11.4 Å². The summed E-state index contributed by atoms with van der Waals surface area (Å²) >= 11 is 0. The van der Waals surface area contributed by atoms with E-state index in [9.17, 15) is 14.9 Å². The normalized spacial score (nSPS) is 13.6. The van der Waals surface area contributed by atoms with Gasteiger partial charge in [-0.2, -0.15) is 0 Å². The fourth-order valence-corrected chi connectivity index (χ4v) is 3.00. The molecule has 136 valence electrons. The number of anilines is 1. The molecule has 0 fully saturated rings. The van der Waals surface area contributed by atoms with E-state index in [4.69, 9.17) is 9.47 Å². The van der Waals surface area contributed by atoms with E-state index < -0.39 is 11.0 Å². The molecule has 7 heteroatoms. The van der Waals surface area contributed by atoms with Gasteiger partial charge in [0.25, 0.3) is 5.91 Å². The number of carbonyl (C=O) groups excluding carboxylic acids is 1. The van der Waals surface area contributed by atoms with Gasteiger partial charge in [-0.25, -0.2) is 0 Å². The molecule has 1 atom stereocenters. The van der Waals surface area contributed by atoms with Crippen LogP contribution in [0.1, 0.15) is 24.5 Å². The number of nitro benzene ring substituents is 1. The predicted molar refractivity (Wildman–Crippen MR) is 96.8 cm³/mol. The lowest BCUT2D eigenvalue weighted by Crippen LogP contribution is -2.30. The molecule has 26 heavy (non-hydrogen) atoms. The average molecular weight is 356 g/mol. The molecule has 7 nitrogen and oxygen atoms in total. The lowest BCUT2D eigenvalue weighted by Gasteiger charge is -2.15. The number of hydrogen-bond acceptors (Lipinski definition) is 5. The van der Waals surface area contributed by atoms with Crippen LogP contribution in [0.15, 0.2) is 36.4 Å². The van der Waals surface area contributed by atoms with E-state index in [2.05, 4.69) is 5.32 Å². The van der Waals surface area contributed by atoms with Crippen molar-refractivity contribution in [1.82, 2.24) is 0 Å². The molecule has 0 bridgehead atoms. The molecule has 0 spiro atoms. The molecule has 3 rings (SSSR count). The topological polar surface area (TPSA) is 90.7 Å². The monoisotopic (exact) mass is 356 g/mol. The van der Waals surface area contributed by atoms with E-state index in [1.54, 1.807) is 13.0 Å². The maximum absolute atomic E-state index is 12.4. The van der Waals surface area contributed by atoms with E-state index in [0.717, 1.165) is 19.3 Å². The third-order valence-corrected chi connectivity index (χ3v) is 4.40. The molecule has 2 aromatic rings. The molecule has 2 aromatic carbocycles. The van der Waals surface area contributed by atoms with Gasteiger partial charge < -0.3 is 14.8 Å². The van der Waals surface area contributed by atoms with Crippen molar-refractivity contribution in [2.24, 2.45) is 0 Å². The van der Waals surface area contributed by atoms with Crippen molar-refractivity contribution in [3.05, 3.63) is 57.6 Å². The Morgan fingerprint density at radius 2 is 1.96 bits per heavy atom. The van der Waals surface area contributed by atoms with Crippen LogP contribution in [-0.4, -0.2) is 24.0 Å². The van der Waals surface area contributed by atoms with Crippen molar-refractivity contribution in [2.75, 3.05) is 12.4 Å². The highest BCUT2D eigenvalue weighted by molar-refractivity contribution is 5.94. The molecular weight excluding hydrogens is 336 g/mol. The summed E-state index contributed by atoms with van der Waals surface area (Å²) in [7, 11) is 1.42. The Kier molecular flexibility index (Phi) is 5.06. The second kappa shape index (κ2) is 7.43. The minimum atomic E-state index is -0.893. The van der Waals surface area contributed by atoms with Crippen LogP contribution < -0.4 is 14.8 Å². The van der Waals surface area contributed by atoms with Crippen LogP contribution in [0.5, 0.6) is 11.5 Å². The molecule has 0 aromatic heterocycles. The number of nitro groups is 1. The van der Waals surface area contributed by atoms with Crippen molar-refractivity contribution < 1.29 is 19.2 Å². The van der Waals surface area contributed by atoms with Gasteiger partial charge in [0.15, 0.2) is 11.9 Å². The third-order valence-electron chi connectivity index (χ3n) is 4.40. The van der Waals surface area contributed by atoms with Crippen LogP contribution in [0.2, 0.25) is 0 Å². The molecule has 0 saturated carbocycles. The molecule has 1 N–H and O–H groups in total. The summed E-state index contributed by atoms with van der Waals surface area (Å²) in [6.07, 6.45) is 2.33. The SMILES string of the molecule is COc1ccc(O[C@@H](C)C(=O)Nc2ccc3c(c2)CCC3)c([N+](=O)[O-])c1. The number of hydrogen-bond donors (Lipinski definition) is 1. The number of nitrogens with one attached hydrogen (secondary N) is 1. The van der Waals surface area contributed by atoms with Crippen molar-refractivity contribution >= 4 is 17.3 Å². The molecule has 0 unspecified atom stereocenters. The Hall–Kier alpha value is -3.09. The number of amides is 1. The number of fused-ring (bicyclic) bond motifs is 1.